The van der Waals surface area contributed by atoms with Crippen LogP contribution in [0, 0.1) is 0 Å². The van der Waals surface area contributed by atoms with Gasteiger partial charge in [-0.2, -0.15) is 0 Å². The molecule has 1 saturated carbocycles. The van der Waals surface area contributed by atoms with Crippen LogP contribution in [0.1, 0.15) is 39.0 Å². The minimum atomic E-state index is -0.345. The van der Waals surface area contributed by atoms with Crippen molar-refractivity contribution in [1.82, 2.24) is 4.90 Å². The van der Waals surface area contributed by atoms with Gasteiger partial charge in [0, 0.05) is 26.3 Å². The molecule has 0 aliphatic heterocycles. The number of carbonyl (C=O) groups is 1. The fourth-order valence-electron chi connectivity index (χ4n) is 1.88. The van der Waals surface area contributed by atoms with Crippen molar-refractivity contribution in [3.63, 3.8) is 0 Å². The van der Waals surface area contributed by atoms with Gasteiger partial charge in [-0.15, -0.1) is 0 Å². The minimum absolute atomic E-state index is 0.125. The van der Waals surface area contributed by atoms with E-state index in [1.54, 1.807) is 7.11 Å². The van der Waals surface area contributed by atoms with Crippen molar-refractivity contribution < 1.29 is 9.53 Å². The smallest absolute Gasteiger partial charge is 0.239 e. The van der Waals surface area contributed by atoms with E-state index in [4.69, 9.17) is 10.5 Å². The van der Waals surface area contributed by atoms with Gasteiger partial charge in [0.2, 0.25) is 5.91 Å². The summed E-state index contributed by atoms with van der Waals surface area (Å²) in [5.41, 5.74) is 5.91. The third-order valence-corrected chi connectivity index (χ3v) is 2.92. The van der Waals surface area contributed by atoms with Crippen molar-refractivity contribution in [3.05, 3.63) is 0 Å². The summed E-state index contributed by atoms with van der Waals surface area (Å²) in [5.74, 6) is 0.125. The fraction of sp³-hybridized carbons (Fsp3) is 0.917. The number of amides is 1. The Labute approximate surface area is 98.1 Å². The summed E-state index contributed by atoms with van der Waals surface area (Å²) in [6.45, 7) is 3.62. The van der Waals surface area contributed by atoms with Crippen LogP contribution in [0.25, 0.3) is 0 Å². The molecule has 2 N–H and O–H groups in total. The number of ether oxygens (including phenoxy) is 1. The molecule has 16 heavy (non-hydrogen) atoms. The van der Waals surface area contributed by atoms with Crippen LogP contribution >= 0.6 is 0 Å². The van der Waals surface area contributed by atoms with Crippen LogP contribution in [0.3, 0.4) is 0 Å². The largest absolute Gasteiger partial charge is 0.385 e. The quantitative estimate of drug-likeness (QED) is 0.634. The van der Waals surface area contributed by atoms with Gasteiger partial charge in [0.25, 0.3) is 0 Å². The van der Waals surface area contributed by atoms with Crippen LogP contribution < -0.4 is 5.73 Å². The van der Waals surface area contributed by atoms with Crippen LogP contribution in [0.2, 0.25) is 0 Å². The molecular formula is C12H24N2O2. The molecule has 1 unspecified atom stereocenters. The lowest BCUT2D eigenvalue weighted by Gasteiger charge is -2.25. The first kappa shape index (κ1) is 13.5. The Morgan fingerprint density at radius 3 is 2.75 bits per heavy atom. The Morgan fingerprint density at radius 2 is 2.25 bits per heavy atom. The van der Waals surface area contributed by atoms with Gasteiger partial charge in [-0.25, -0.2) is 0 Å². The zero-order valence-corrected chi connectivity index (χ0v) is 10.4. The lowest BCUT2D eigenvalue weighted by molar-refractivity contribution is -0.133. The molecule has 4 heteroatoms. The van der Waals surface area contributed by atoms with Crippen LogP contribution in [0.5, 0.6) is 0 Å². The Bertz CT molecular complexity index is 217. The summed E-state index contributed by atoms with van der Waals surface area (Å²) in [4.78, 5) is 14.0. The molecule has 1 aliphatic carbocycles. The molecule has 0 aromatic rings. The molecule has 94 valence electrons. The molecule has 0 spiro atoms. The lowest BCUT2D eigenvalue weighted by atomic mass is 10.1. The molecule has 0 aromatic carbocycles. The van der Waals surface area contributed by atoms with Gasteiger partial charge < -0.3 is 15.4 Å². The topological polar surface area (TPSA) is 55.6 Å². The molecule has 1 rings (SSSR count). The normalized spacial score (nSPS) is 17.2. The van der Waals surface area contributed by atoms with Crippen molar-refractivity contribution in [2.24, 2.45) is 5.73 Å². The average Bonchev–Trinajstić information content (AvgIpc) is 3.09. The summed E-state index contributed by atoms with van der Waals surface area (Å²) >= 11 is 0. The standard InChI is InChI=1S/C12H24N2O2/c1-3-8-14(10-6-7-10)12(15)11(13)5-4-9-16-2/h10-11H,3-9,13H2,1-2H3. The van der Waals surface area contributed by atoms with Gasteiger partial charge in [0.15, 0.2) is 0 Å². The molecule has 1 atom stereocenters. The first-order chi connectivity index (χ1) is 7.70. The number of nitrogens with zero attached hydrogens (tertiary/aromatic N) is 1. The molecule has 0 saturated heterocycles. The predicted octanol–water partition coefficient (Wildman–Crippen LogP) is 1.14. The lowest BCUT2D eigenvalue weighted by Crippen LogP contribution is -2.45. The monoisotopic (exact) mass is 228 g/mol. The number of carbonyl (C=O) groups excluding carboxylic acids is 1. The highest BCUT2D eigenvalue weighted by molar-refractivity contribution is 5.82. The van der Waals surface area contributed by atoms with Crippen LogP contribution in [0.15, 0.2) is 0 Å². The highest BCUT2D eigenvalue weighted by atomic mass is 16.5. The van der Waals surface area contributed by atoms with Crippen molar-refractivity contribution >= 4 is 5.91 Å². The molecule has 0 heterocycles. The van der Waals surface area contributed by atoms with Crippen molar-refractivity contribution in [2.75, 3.05) is 20.3 Å². The van der Waals surface area contributed by atoms with Crippen molar-refractivity contribution in [1.29, 1.82) is 0 Å². The van der Waals surface area contributed by atoms with E-state index >= 15 is 0 Å². The highest BCUT2D eigenvalue weighted by Crippen LogP contribution is 2.27. The van der Waals surface area contributed by atoms with Gasteiger partial charge in [0.1, 0.15) is 0 Å². The van der Waals surface area contributed by atoms with Crippen molar-refractivity contribution in [2.45, 2.75) is 51.1 Å². The second-order valence-electron chi connectivity index (χ2n) is 4.50. The summed E-state index contributed by atoms with van der Waals surface area (Å²) in [7, 11) is 1.67. The molecule has 4 nitrogen and oxygen atoms in total. The summed E-state index contributed by atoms with van der Waals surface area (Å²) in [5, 5.41) is 0. The third-order valence-electron chi connectivity index (χ3n) is 2.92. The zero-order valence-electron chi connectivity index (χ0n) is 10.4. The molecule has 0 bridgehead atoms. The van der Waals surface area contributed by atoms with Crippen LogP contribution in [-0.2, 0) is 9.53 Å². The predicted molar refractivity (Wildman–Crippen MR) is 64.1 cm³/mol. The maximum Gasteiger partial charge on any atom is 0.239 e. The number of hydrogen-bond acceptors (Lipinski definition) is 3. The van der Waals surface area contributed by atoms with Gasteiger partial charge in [-0.05, 0) is 32.1 Å². The van der Waals surface area contributed by atoms with E-state index in [9.17, 15) is 4.79 Å². The minimum Gasteiger partial charge on any atom is -0.385 e. The van der Waals surface area contributed by atoms with E-state index in [1.807, 2.05) is 4.90 Å². The summed E-state index contributed by atoms with van der Waals surface area (Å²) in [6.07, 6.45) is 4.88. The second kappa shape index (κ2) is 6.86. The average molecular weight is 228 g/mol. The maximum atomic E-state index is 12.1. The molecule has 0 radical (unpaired) electrons. The van der Waals surface area contributed by atoms with E-state index in [0.29, 0.717) is 12.6 Å². The van der Waals surface area contributed by atoms with E-state index in [2.05, 4.69) is 6.92 Å². The fourth-order valence-corrected chi connectivity index (χ4v) is 1.88. The number of methoxy groups -OCH3 is 1. The maximum absolute atomic E-state index is 12.1. The summed E-state index contributed by atoms with van der Waals surface area (Å²) < 4.78 is 4.96. The van der Waals surface area contributed by atoms with E-state index in [0.717, 1.165) is 38.6 Å². The number of nitrogens with two attached hydrogens (primary N) is 1. The van der Waals surface area contributed by atoms with E-state index in [-0.39, 0.29) is 11.9 Å². The molecule has 1 aliphatic rings. The first-order valence-electron chi connectivity index (χ1n) is 6.25. The highest BCUT2D eigenvalue weighted by Gasteiger charge is 2.33. The Morgan fingerprint density at radius 1 is 1.56 bits per heavy atom. The zero-order chi connectivity index (χ0) is 12.0. The van der Waals surface area contributed by atoms with Gasteiger partial charge in [-0.1, -0.05) is 6.92 Å². The molecule has 1 amide bonds. The van der Waals surface area contributed by atoms with Gasteiger partial charge >= 0.3 is 0 Å². The third kappa shape index (κ3) is 4.10. The number of rotatable bonds is 8. The summed E-state index contributed by atoms with van der Waals surface area (Å²) in [6, 6.07) is 0.128. The van der Waals surface area contributed by atoms with Gasteiger partial charge in [-0.3, -0.25) is 4.79 Å². The van der Waals surface area contributed by atoms with E-state index in [1.165, 1.54) is 0 Å². The Balaban J connectivity index is 2.33. The number of hydrogen-bond donors (Lipinski definition) is 1. The van der Waals surface area contributed by atoms with Gasteiger partial charge in [0.05, 0.1) is 6.04 Å². The first-order valence-corrected chi connectivity index (χ1v) is 6.25. The SMILES string of the molecule is CCCN(C(=O)C(N)CCCOC)C1CC1. The molecular weight excluding hydrogens is 204 g/mol. The van der Waals surface area contributed by atoms with Crippen LogP contribution in [0.4, 0.5) is 0 Å². The Kier molecular flexibility index (Phi) is 5.77. The van der Waals surface area contributed by atoms with Crippen LogP contribution in [-0.4, -0.2) is 43.2 Å². The van der Waals surface area contributed by atoms with E-state index < -0.39 is 0 Å². The van der Waals surface area contributed by atoms with Crippen molar-refractivity contribution in [3.8, 4) is 0 Å². The Hall–Kier alpha value is -0.610. The molecule has 1 fully saturated rings. The second-order valence-corrected chi connectivity index (χ2v) is 4.50. The molecule has 0 aromatic heterocycles.